The number of ketones is 1. The third kappa shape index (κ3) is 6.92. The SMILES string of the molecule is CCOC(=O)Cc1cccc(-c2ccc(C(F)(F)F)cc2CCNCCC(=O)C2CC2)c1. The third-order valence-electron chi connectivity index (χ3n) is 5.48. The minimum atomic E-state index is -4.43. The Kier molecular flexibility index (Phi) is 8.07. The zero-order chi connectivity index (χ0) is 23.1. The van der Waals surface area contributed by atoms with E-state index >= 15 is 0 Å². The van der Waals surface area contributed by atoms with Crippen molar-refractivity contribution in [2.45, 2.75) is 45.2 Å². The number of esters is 1. The van der Waals surface area contributed by atoms with Crippen molar-refractivity contribution in [3.63, 3.8) is 0 Å². The molecule has 0 amide bonds. The molecule has 0 spiro atoms. The Morgan fingerprint density at radius 3 is 2.56 bits per heavy atom. The van der Waals surface area contributed by atoms with Crippen LogP contribution in [0.2, 0.25) is 0 Å². The van der Waals surface area contributed by atoms with Crippen LogP contribution in [0, 0.1) is 5.92 Å². The molecule has 2 aromatic carbocycles. The van der Waals surface area contributed by atoms with Gasteiger partial charge in [-0.15, -0.1) is 0 Å². The maximum atomic E-state index is 13.3. The maximum Gasteiger partial charge on any atom is 0.416 e. The van der Waals surface area contributed by atoms with Gasteiger partial charge in [0, 0.05) is 18.9 Å². The monoisotopic (exact) mass is 447 g/mol. The Hall–Kier alpha value is -2.67. The molecule has 0 unspecified atom stereocenters. The van der Waals surface area contributed by atoms with E-state index in [0.29, 0.717) is 43.7 Å². The average molecular weight is 447 g/mol. The van der Waals surface area contributed by atoms with Gasteiger partial charge in [0.05, 0.1) is 18.6 Å². The Bertz CT molecular complexity index is 952. The van der Waals surface area contributed by atoms with Gasteiger partial charge in [0.15, 0.2) is 0 Å². The second kappa shape index (κ2) is 10.8. The zero-order valence-corrected chi connectivity index (χ0v) is 18.1. The van der Waals surface area contributed by atoms with Crippen molar-refractivity contribution in [3.05, 3.63) is 59.2 Å². The normalized spacial score (nSPS) is 13.8. The van der Waals surface area contributed by atoms with Gasteiger partial charge in [-0.3, -0.25) is 9.59 Å². The maximum absolute atomic E-state index is 13.3. The van der Waals surface area contributed by atoms with Crippen molar-refractivity contribution in [1.29, 1.82) is 0 Å². The number of nitrogens with one attached hydrogen (secondary N) is 1. The van der Waals surface area contributed by atoms with Gasteiger partial charge in [0.2, 0.25) is 0 Å². The molecule has 0 aromatic heterocycles. The van der Waals surface area contributed by atoms with E-state index in [4.69, 9.17) is 4.74 Å². The van der Waals surface area contributed by atoms with Gasteiger partial charge in [-0.05, 0) is 67.1 Å². The van der Waals surface area contributed by atoms with Gasteiger partial charge in [0.1, 0.15) is 5.78 Å². The van der Waals surface area contributed by atoms with Crippen LogP contribution in [0.15, 0.2) is 42.5 Å². The first-order valence-corrected chi connectivity index (χ1v) is 11.0. The van der Waals surface area contributed by atoms with Gasteiger partial charge in [0.25, 0.3) is 0 Å². The molecule has 172 valence electrons. The van der Waals surface area contributed by atoms with E-state index in [1.165, 1.54) is 12.1 Å². The van der Waals surface area contributed by atoms with Gasteiger partial charge in [-0.2, -0.15) is 13.2 Å². The van der Waals surface area contributed by atoms with Crippen molar-refractivity contribution < 1.29 is 27.5 Å². The standard InChI is InChI=1S/C25H28F3NO3/c1-2-32-24(31)15-17-4-3-5-19(14-17)22-9-8-21(25(26,27)28)16-20(22)10-12-29-13-11-23(30)18-6-7-18/h3-5,8-9,14,16,18,29H,2,6-7,10-13,15H2,1H3. The number of hydrogen-bond donors (Lipinski definition) is 1. The number of ether oxygens (including phenoxy) is 1. The molecule has 1 aliphatic rings. The summed E-state index contributed by atoms with van der Waals surface area (Å²) in [6, 6.07) is 11.0. The van der Waals surface area contributed by atoms with E-state index < -0.39 is 11.7 Å². The quantitative estimate of drug-likeness (QED) is 0.390. The molecule has 1 aliphatic carbocycles. The van der Waals surface area contributed by atoms with Crippen LogP contribution >= 0.6 is 0 Å². The van der Waals surface area contributed by atoms with Crippen molar-refractivity contribution in [1.82, 2.24) is 5.32 Å². The van der Waals surface area contributed by atoms with Gasteiger partial charge in [-0.25, -0.2) is 0 Å². The summed E-state index contributed by atoms with van der Waals surface area (Å²) in [5, 5.41) is 3.17. The Labute approximate surface area is 186 Å². The van der Waals surface area contributed by atoms with Crippen LogP contribution < -0.4 is 5.32 Å². The Balaban J connectivity index is 1.74. The molecule has 0 atom stereocenters. The van der Waals surface area contributed by atoms with Crippen LogP contribution in [0.3, 0.4) is 0 Å². The molecule has 1 saturated carbocycles. The van der Waals surface area contributed by atoms with E-state index in [2.05, 4.69) is 5.32 Å². The summed E-state index contributed by atoms with van der Waals surface area (Å²) >= 11 is 0. The first-order chi connectivity index (χ1) is 15.3. The Morgan fingerprint density at radius 2 is 1.88 bits per heavy atom. The lowest BCUT2D eigenvalue weighted by Gasteiger charge is -2.15. The predicted molar refractivity (Wildman–Crippen MR) is 116 cm³/mol. The van der Waals surface area contributed by atoms with Crippen molar-refractivity contribution >= 4 is 11.8 Å². The molecule has 0 heterocycles. The highest BCUT2D eigenvalue weighted by Gasteiger charge is 2.31. The molecule has 1 N–H and O–H groups in total. The molecule has 7 heteroatoms. The second-order valence-electron chi connectivity index (χ2n) is 8.04. The van der Waals surface area contributed by atoms with Crippen molar-refractivity contribution in [2.75, 3.05) is 19.7 Å². The van der Waals surface area contributed by atoms with Crippen LogP contribution in [0.5, 0.6) is 0 Å². The predicted octanol–water partition coefficient (Wildman–Crippen LogP) is 4.98. The second-order valence-corrected chi connectivity index (χ2v) is 8.04. The van der Waals surface area contributed by atoms with Gasteiger partial charge >= 0.3 is 12.1 Å². The molecule has 0 aliphatic heterocycles. The first kappa shape index (κ1) is 24.0. The van der Waals surface area contributed by atoms with Crippen LogP contribution in [-0.4, -0.2) is 31.4 Å². The molecule has 0 radical (unpaired) electrons. The first-order valence-electron chi connectivity index (χ1n) is 11.0. The summed E-state index contributed by atoms with van der Waals surface area (Å²) in [6.07, 6.45) is -1.53. The summed E-state index contributed by atoms with van der Waals surface area (Å²) < 4.78 is 44.9. The molecule has 0 bridgehead atoms. The van der Waals surface area contributed by atoms with Crippen LogP contribution in [-0.2, 0) is 33.3 Å². The Morgan fingerprint density at radius 1 is 1.09 bits per heavy atom. The van der Waals surface area contributed by atoms with Crippen LogP contribution in [0.1, 0.15) is 42.9 Å². The minimum Gasteiger partial charge on any atom is -0.466 e. The molecule has 3 rings (SSSR count). The lowest BCUT2D eigenvalue weighted by molar-refractivity contribution is -0.142. The number of hydrogen-bond acceptors (Lipinski definition) is 4. The van der Waals surface area contributed by atoms with E-state index in [1.54, 1.807) is 19.1 Å². The summed E-state index contributed by atoms with van der Waals surface area (Å²) in [5.74, 6) is 0.131. The van der Waals surface area contributed by atoms with Crippen molar-refractivity contribution in [2.24, 2.45) is 5.92 Å². The molecule has 4 nitrogen and oxygen atoms in total. The lowest BCUT2D eigenvalue weighted by Crippen LogP contribution is -2.21. The zero-order valence-electron chi connectivity index (χ0n) is 18.1. The summed E-state index contributed by atoms with van der Waals surface area (Å²) in [7, 11) is 0. The number of carbonyl (C=O) groups is 2. The highest BCUT2D eigenvalue weighted by atomic mass is 19.4. The fourth-order valence-corrected chi connectivity index (χ4v) is 3.66. The number of rotatable bonds is 11. The third-order valence-corrected chi connectivity index (χ3v) is 5.48. The van der Waals surface area contributed by atoms with E-state index in [9.17, 15) is 22.8 Å². The van der Waals surface area contributed by atoms with Crippen molar-refractivity contribution in [3.8, 4) is 11.1 Å². The average Bonchev–Trinajstić information content (AvgIpc) is 3.58. The fraction of sp³-hybridized carbons (Fsp3) is 0.440. The fourth-order valence-electron chi connectivity index (χ4n) is 3.66. The number of Topliss-reactive ketones (excluding diaryl/α,β-unsaturated/α-hetero) is 1. The van der Waals surface area contributed by atoms with Crippen LogP contribution in [0.25, 0.3) is 11.1 Å². The molecule has 1 fully saturated rings. The largest absolute Gasteiger partial charge is 0.466 e. The number of alkyl halides is 3. The molecular formula is C25H28F3NO3. The van der Waals surface area contributed by atoms with E-state index in [-0.39, 0.29) is 24.1 Å². The van der Waals surface area contributed by atoms with E-state index in [1.807, 2.05) is 12.1 Å². The lowest BCUT2D eigenvalue weighted by atomic mass is 9.94. The summed E-state index contributed by atoms with van der Waals surface area (Å²) in [5.41, 5.74) is 2.06. The molecule has 2 aromatic rings. The molecule has 0 saturated heterocycles. The van der Waals surface area contributed by atoms with E-state index in [0.717, 1.165) is 30.0 Å². The molecule has 32 heavy (non-hydrogen) atoms. The highest BCUT2D eigenvalue weighted by Crippen LogP contribution is 2.34. The number of carbonyl (C=O) groups excluding carboxylic acids is 2. The smallest absolute Gasteiger partial charge is 0.416 e. The molecular weight excluding hydrogens is 419 g/mol. The van der Waals surface area contributed by atoms with Gasteiger partial charge < -0.3 is 10.1 Å². The van der Waals surface area contributed by atoms with Gasteiger partial charge in [-0.1, -0.05) is 30.3 Å². The highest BCUT2D eigenvalue weighted by molar-refractivity contribution is 5.83. The summed E-state index contributed by atoms with van der Waals surface area (Å²) in [4.78, 5) is 23.6. The minimum absolute atomic E-state index is 0.105. The van der Waals surface area contributed by atoms with Crippen LogP contribution in [0.4, 0.5) is 13.2 Å². The number of benzene rings is 2. The number of halogens is 3. The topological polar surface area (TPSA) is 55.4 Å². The summed E-state index contributed by atoms with van der Waals surface area (Å²) in [6.45, 7) is 3.02.